The van der Waals surface area contributed by atoms with Gasteiger partial charge in [-0.1, -0.05) is 36.4 Å². The Hall–Kier alpha value is -4.06. The number of piperazine rings is 1. The smallest absolute Gasteiger partial charge is 0.276 e. The maximum atomic E-state index is 13.6. The molecule has 4 aromatic rings. The summed E-state index contributed by atoms with van der Waals surface area (Å²) in [6.45, 7) is 2.85. The van der Waals surface area contributed by atoms with Gasteiger partial charge < -0.3 is 19.1 Å². The summed E-state index contributed by atoms with van der Waals surface area (Å²) in [5.41, 5.74) is 4.32. The molecule has 1 amide bonds. The van der Waals surface area contributed by atoms with Crippen molar-refractivity contribution in [2.24, 2.45) is 0 Å². The van der Waals surface area contributed by atoms with Gasteiger partial charge >= 0.3 is 0 Å². The lowest BCUT2D eigenvalue weighted by Gasteiger charge is -2.35. The summed E-state index contributed by atoms with van der Waals surface area (Å²) in [6, 6.07) is 28.0. The molecule has 6 nitrogen and oxygen atoms in total. The van der Waals surface area contributed by atoms with Crippen LogP contribution in [0.15, 0.2) is 89.3 Å². The lowest BCUT2D eigenvalue weighted by molar-refractivity contribution is 0.0742. The van der Waals surface area contributed by atoms with Gasteiger partial charge in [-0.2, -0.15) is 0 Å². The summed E-state index contributed by atoms with van der Waals surface area (Å²) in [5, 5.41) is 0. The summed E-state index contributed by atoms with van der Waals surface area (Å²) in [4.78, 5) is 24.5. The maximum absolute atomic E-state index is 13.6. The zero-order chi connectivity index (χ0) is 23.5. The molecule has 0 radical (unpaired) electrons. The number of para-hydroxylation sites is 1. The fourth-order valence-corrected chi connectivity index (χ4v) is 4.23. The molecule has 0 atom stereocenters. The quantitative estimate of drug-likeness (QED) is 0.425. The highest BCUT2D eigenvalue weighted by Crippen LogP contribution is 2.32. The average molecular weight is 453 g/mol. The number of amides is 1. The van der Waals surface area contributed by atoms with Gasteiger partial charge in [-0.3, -0.25) is 4.79 Å². The van der Waals surface area contributed by atoms with E-state index >= 15 is 0 Å². The van der Waals surface area contributed by atoms with E-state index in [1.807, 2.05) is 96.7 Å². The molecule has 3 aromatic carbocycles. The van der Waals surface area contributed by atoms with Crippen molar-refractivity contribution in [1.29, 1.82) is 0 Å². The summed E-state index contributed by atoms with van der Waals surface area (Å²) >= 11 is 0. The molecule has 0 unspecified atom stereocenters. The van der Waals surface area contributed by atoms with Crippen LogP contribution in [-0.4, -0.2) is 56.1 Å². The molecule has 0 saturated carbocycles. The predicted molar refractivity (Wildman–Crippen MR) is 136 cm³/mol. The van der Waals surface area contributed by atoms with Crippen LogP contribution in [-0.2, 0) is 0 Å². The number of carbonyl (C=O) groups is 1. The number of hydrogen-bond acceptors (Lipinski definition) is 5. The van der Waals surface area contributed by atoms with Gasteiger partial charge in [0.2, 0.25) is 5.89 Å². The van der Waals surface area contributed by atoms with Crippen LogP contribution in [0.25, 0.3) is 22.8 Å². The van der Waals surface area contributed by atoms with Crippen molar-refractivity contribution >= 4 is 17.3 Å². The first-order chi connectivity index (χ1) is 16.6. The number of benzene rings is 3. The number of oxazole rings is 1. The Morgan fingerprint density at radius 2 is 1.41 bits per heavy atom. The van der Waals surface area contributed by atoms with Crippen LogP contribution in [0.2, 0.25) is 0 Å². The molecule has 2 heterocycles. The van der Waals surface area contributed by atoms with Crippen molar-refractivity contribution in [1.82, 2.24) is 9.88 Å². The van der Waals surface area contributed by atoms with Gasteiger partial charge in [-0.15, -0.1) is 0 Å². The van der Waals surface area contributed by atoms with Crippen molar-refractivity contribution in [2.45, 2.75) is 0 Å². The van der Waals surface area contributed by atoms with Crippen molar-refractivity contribution < 1.29 is 9.21 Å². The first-order valence-corrected chi connectivity index (χ1v) is 11.5. The van der Waals surface area contributed by atoms with Crippen LogP contribution in [0.1, 0.15) is 10.5 Å². The second kappa shape index (κ2) is 9.43. The molecular weight excluding hydrogens is 424 g/mol. The SMILES string of the molecule is CN(C)c1ccc(-c2oc(-c3ccccc3)nc2C(=O)N2CCN(c3ccccc3)CC2)cc1. The number of nitrogens with zero attached hydrogens (tertiary/aromatic N) is 4. The van der Waals surface area contributed by atoms with Crippen LogP contribution in [0.3, 0.4) is 0 Å². The fraction of sp³-hybridized carbons (Fsp3) is 0.214. The van der Waals surface area contributed by atoms with Crippen LogP contribution in [0, 0.1) is 0 Å². The number of aromatic nitrogens is 1. The number of hydrogen-bond donors (Lipinski definition) is 0. The van der Waals surface area contributed by atoms with Gasteiger partial charge in [0.1, 0.15) is 0 Å². The molecule has 0 aliphatic carbocycles. The molecule has 0 spiro atoms. The molecule has 1 aromatic heterocycles. The van der Waals surface area contributed by atoms with Gasteiger partial charge in [-0.25, -0.2) is 4.98 Å². The minimum Gasteiger partial charge on any atom is -0.435 e. The molecule has 34 heavy (non-hydrogen) atoms. The average Bonchev–Trinajstić information content (AvgIpc) is 3.35. The van der Waals surface area contributed by atoms with Crippen molar-refractivity contribution in [2.75, 3.05) is 50.1 Å². The second-order valence-electron chi connectivity index (χ2n) is 8.62. The highest BCUT2D eigenvalue weighted by molar-refractivity contribution is 5.98. The minimum absolute atomic E-state index is 0.0923. The van der Waals surface area contributed by atoms with Crippen LogP contribution >= 0.6 is 0 Å². The van der Waals surface area contributed by atoms with Crippen molar-refractivity contribution in [3.05, 3.63) is 90.6 Å². The maximum Gasteiger partial charge on any atom is 0.276 e. The van der Waals surface area contributed by atoms with Crippen LogP contribution in [0.4, 0.5) is 11.4 Å². The monoisotopic (exact) mass is 452 g/mol. The molecule has 172 valence electrons. The molecule has 1 aliphatic heterocycles. The van der Waals surface area contributed by atoms with E-state index in [0.29, 0.717) is 30.4 Å². The fourth-order valence-electron chi connectivity index (χ4n) is 4.23. The van der Waals surface area contributed by atoms with E-state index in [1.165, 1.54) is 5.69 Å². The van der Waals surface area contributed by atoms with E-state index in [0.717, 1.165) is 29.9 Å². The number of anilines is 2. The Bertz CT molecular complexity index is 1240. The Balaban J connectivity index is 1.44. The lowest BCUT2D eigenvalue weighted by atomic mass is 10.1. The number of carbonyl (C=O) groups excluding carboxylic acids is 1. The van der Waals surface area contributed by atoms with Gasteiger partial charge in [0.15, 0.2) is 11.5 Å². The normalized spacial score (nSPS) is 13.7. The third kappa shape index (κ3) is 4.39. The largest absolute Gasteiger partial charge is 0.435 e. The van der Waals surface area contributed by atoms with Gasteiger partial charge in [0.25, 0.3) is 5.91 Å². The van der Waals surface area contributed by atoms with E-state index < -0.39 is 0 Å². The summed E-state index contributed by atoms with van der Waals surface area (Å²) in [7, 11) is 4.00. The van der Waals surface area contributed by atoms with Gasteiger partial charge in [0.05, 0.1) is 0 Å². The number of rotatable bonds is 5. The van der Waals surface area contributed by atoms with E-state index in [4.69, 9.17) is 4.42 Å². The van der Waals surface area contributed by atoms with Crippen LogP contribution < -0.4 is 9.80 Å². The van der Waals surface area contributed by atoms with Gasteiger partial charge in [0, 0.05) is 62.8 Å². The highest BCUT2D eigenvalue weighted by Gasteiger charge is 2.29. The third-order valence-electron chi connectivity index (χ3n) is 6.18. The van der Waals surface area contributed by atoms with Crippen molar-refractivity contribution in [3.8, 4) is 22.8 Å². The Labute approximate surface area is 200 Å². The Morgan fingerprint density at radius 1 is 0.794 bits per heavy atom. The molecule has 0 bridgehead atoms. The van der Waals surface area contributed by atoms with Gasteiger partial charge in [-0.05, 0) is 48.5 Å². The van der Waals surface area contributed by atoms with Crippen molar-refractivity contribution in [3.63, 3.8) is 0 Å². The summed E-state index contributed by atoms with van der Waals surface area (Å²) in [5.74, 6) is 0.878. The van der Waals surface area contributed by atoms with E-state index in [-0.39, 0.29) is 5.91 Å². The lowest BCUT2D eigenvalue weighted by Crippen LogP contribution is -2.49. The topological polar surface area (TPSA) is 52.8 Å². The summed E-state index contributed by atoms with van der Waals surface area (Å²) in [6.07, 6.45) is 0. The van der Waals surface area contributed by atoms with E-state index in [1.54, 1.807) is 0 Å². The van der Waals surface area contributed by atoms with E-state index in [2.05, 4.69) is 22.0 Å². The first kappa shape index (κ1) is 21.8. The zero-order valence-electron chi connectivity index (χ0n) is 19.5. The molecule has 5 rings (SSSR count). The molecule has 1 fully saturated rings. The minimum atomic E-state index is -0.0923. The standard InChI is InChI=1S/C28H28N4O2/c1-30(2)23-15-13-21(14-16-23)26-25(29-27(34-26)22-9-5-3-6-10-22)28(33)32-19-17-31(18-20-32)24-11-7-4-8-12-24/h3-16H,17-20H2,1-2H3. The Kier molecular flexibility index (Phi) is 6.04. The predicted octanol–water partition coefficient (Wildman–Crippen LogP) is 5.04. The van der Waals surface area contributed by atoms with E-state index in [9.17, 15) is 4.79 Å². The second-order valence-corrected chi connectivity index (χ2v) is 8.62. The Morgan fingerprint density at radius 3 is 2.03 bits per heavy atom. The summed E-state index contributed by atoms with van der Waals surface area (Å²) < 4.78 is 6.21. The molecule has 6 heteroatoms. The molecule has 1 aliphatic rings. The molecule has 0 N–H and O–H groups in total. The molecular formula is C28H28N4O2. The highest BCUT2D eigenvalue weighted by atomic mass is 16.4. The zero-order valence-corrected chi connectivity index (χ0v) is 19.5. The third-order valence-corrected chi connectivity index (χ3v) is 6.18. The molecule has 1 saturated heterocycles. The first-order valence-electron chi connectivity index (χ1n) is 11.5. The van der Waals surface area contributed by atoms with Crippen LogP contribution in [0.5, 0.6) is 0 Å².